The third kappa shape index (κ3) is 2.51. The van der Waals surface area contributed by atoms with Gasteiger partial charge in [-0.1, -0.05) is 6.92 Å². The Kier molecular flexibility index (Phi) is 3.40. The number of aromatic nitrogens is 2. The lowest BCUT2D eigenvalue weighted by atomic mass is 10.4. The molecule has 1 aliphatic rings. The fourth-order valence-electron chi connectivity index (χ4n) is 1.82. The van der Waals surface area contributed by atoms with E-state index in [4.69, 9.17) is 4.98 Å². The van der Waals surface area contributed by atoms with E-state index in [-0.39, 0.29) is 0 Å². The van der Waals surface area contributed by atoms with Crippen molar-refractivity contribution in [1.29, 1.82) is 0 Å². The maximum atomic E-state index is 4.71. The zero-order chi connectivity index (χ0) is 11.7. The van der Waals surface area contributed by atoms with Crippen LogP contribution in [0.2, 0.25) is 0 Å². The molecule has 0 atom stereocenters. The lowest BCUT2D eigenvalue weighted by molar-refractivity contribution is 0.661. The first-order chi connectivity index (χ1) is 8.38. The molecule has 1 fully saturated rings. The molecule has 1 aliphatic carbocycles. The van der Waals surface area contributed by atoms with E-state index >= 15 is 0 Å². The van der Waals surface area contributed by atoms with E-state index in [2.05, 4.69) is 28.2 Å². The summed E-state index contributed by atoms with van der Waals surface area (Å²) in [4.78, 5) is 5.83. The van der Waals surface area contributed by atoms with Crippen LogP contribution in [0.1, 0.15) is 31.9 Å². The van der Waals surface area contributed by atoms with Gasteiger partial charge < -0.3 is 5.32 Å². The van der Waals surface area contributed by atoms with Gasteiger partial charge in [-0.3, -0.25) is 4.40 Å². The molecule has 3 rings (SSSR count). The van der Waals surface area contributed by atoms with Crippen LogP contribution < -0.4 is 5.32 Å². The number of thioether (sulfide) groups is 1. The molecule has 0 unspecified atom stereocenters. The van der Waals surface area contributed by atoms with Crippen LogP contribution in [0, 0.1) is 0 Å². The van der Waals surface area contributed by atoms with Gasteiger partial charge in [0.05, 0.1) is 5.69 Å². The van der Waals surface area contributed by atoms with Crippen molar-refractivity contribution >= 4 is 28.1 Å². The van der Waals surface area contributed by atoms with Gasteiger partial charge >= 0.3 is 0 Å². The van der Waals surface area contributed by atoms with Crippen LogP contribution in [0.5, 0.6) is 0 Å². The van der Waals surface area contributed by atoms with Gasteiger partial charge in [0.25, 0.3) is 0 Å². The van der Waals surface area contributed by atoms with E-state index < -0.39 is 0 Å². The van der Waals surface area contributed by atoms with Crippen molar-refractivity contribution in [1.82, 2.24) is 14.7 Å². The number of nitrogens with zero attached hydrogens (tertiary/aromatic N) is 2. The number of rotatable bonds is 6. The molecular formula is C12H17N3S2. The van der Waals surface area contributed by atoms with E-state index in [1.165, 1.54) is 30.0 Å². The number of hydrogen-bond acceptors (Lipinski definition) is 4. The molecule has 0 aromatic carbocycles. The van der Waals surface area contributed by atoms with Gasteiger partial charge in [0, 0.05) is 24.2 Å². The number of fused-ring (bicyclic) bond motifs is 1. The highest BCUT2D eigenvalue weighted by molar-refractivity contribution is 7.99. The number of hydrogen-bond donors (Lipinski definition) is 1. The summed E-state index contributed by atoms with van der Waals surface area (Å²) in [6, 6.07) is 0.753. The van der Waals surface area contributed by atoms with Crippen LogP contribution in [-0.4, -0.2) is 21.2 Å². The Balaban J connectivity index is 1.83. The molecule has 0 spiro atoms. The van der Waals surface area contributed by atoms with Crippen molar-refractivity contribution in [3.8, 4) is 0 Å². The Hall–Kier alpha value is -0.520. The second-order valence-corrected chi connectivity index (χ2v) is 6.38. The van der Waals surface area contributed by atoms with Crippen LogP contribution in [0.15, 0.2) is 16.6 Å². The summed E-state index contributed by atoms with van der Waals surface area (Å²) in [5.74, 6) is 1.15. The molecule has 0 aliphatic heterocycles. The first kappa shape index (κ1) is 11.6. The first-order valence-corrected chi connectivity index (χ1v) is 8.05. The van der Waals surface area contributed by atoms with Gasteiger partial charge in [-0.2, -0.15) is 0 Å². The Morgan fingerprint density at radius 3 is 3.24 bits per heavy atom. The predicted molar refractivity (Wildman–Crippen MR) is 73.9 cm³/mol. The smallest absolute Gasteiger partial charge is 0.194 e. The summed E-state index contributed by atoms with van der Waals surface area (Å²) >= 11 is 3.60. The highest BCUT2D eigenvalue weighted by Crippen LogP contribution is 2.27. The van der Waals surface area contributed by atoms with Crippen molar-refractivity contribution in [2.75, 3.05) is 5.75 Å². The zero-order valence-corrected chi connectivity index (χ0v) is 11.6. The van der Waals surface area contributed by atoms with Crippen LogP contribution >= 0.6 is 23.1 Å². The molecule has 5 heteroatoms. The highest BCUT2D eigenvalue weighted by Gasteiger charge is 2.22. The Labute approximate surface area is 110 Å². The Morgan fingerprint density at radius 1 is 1.59 bits per heavy atom. The topological polar surface area (TPSA) is 29.3 Å². The van der Waals surface area contributed by atoms with Gasteiger partial charge in [0.15, 0.2) is 4.96 Å². The molecule has 2 aromatic rings. The molecule has 3 nitrogen and oxygen atoms in total. The Morgan fingerprint density at radius 2 is 2.47 bits per heavy atom. The second-order valence-electron chi connectivity index (χ2n) is 4.42. The summed E-state index contributed by atoms with van der Waals surface area (Å²) in [7, 11) is 0. The summed E-state index contributed by atoms with van der Waals surface area (Å²) < 4.78 is 2.23. The van der Waals surface area contributed by atoms with Crippen molar-refractivity contribution in [2.45, 2.75) is 43.8 Å². The maximum Gasteiger partial charge on any atom is 0.194 e. The molecular weight excluding hydrogens is 250 g/mol. The quantitative estimate of drug-likeness (QED) is 0.815. The van der Waals surface area contributed by atoms with Crippen LogP contribution in [0.25, 0.3) is 4.96 Å². The molecule has 1 N–H and O–H groups in total. The van der Waals surface area contributed by atoms with Crippen molar-refractivity contribution in [2.24, 2.45) is 0 Å². The standard InChI is InChI=1S/C12H17N3S2/c1-2-6-16-11-10(8-13-9-3-4-9)15-5-7-17-12(15)14-11/h5,7,9,13H,2-4,6,8H2,1H3. The van der Waals surface area contributed by atoms with Gasteiger partial charge in [-0.05, 0) is 25.0 Å². The summed E-state index contributed by atoms with van der Waals surface area (Å²) in [6.45, 7) is 3.17. The minimum atomic E-state index is 0.753. The fraction of sp³-hybridized carbons (Fsp3) is 0.583. The summed E-state index contributed by atoms with van der Waals surface area (Å²) in [5, 5.41) is 6.91. The maximum absolute atomic E-state index is 4.71. The second kappa shape index (κ2) is 5.00. The third-order valence-corrected chi connectivity index (χ3v) is 4.87. The van der Waals surface area contributed by atoms with E-state index in [9.17, 15) is 0 Å². The summed E-state index contributed by atoms with van der Waals surface area (Å²) in [6.07, 6.45) is 6.00. The molecule has 0 bridgehead atoms. The molecule has 2 heterocycles. The molecule has 0 radical (unpaired) electrons. The lowest BCUT2D eigenvalue weighted by Crippen LogP contribution is -2.16. The number of thiazole rings is 1. The fourth-order valence-corrected chi connectivity index (χ4v) is 3.49. The van der Waals surface area contributed by atoms with Crippen molar-refractivity contribution in [3.63, 3.8) is 0 Å². The minimum absolute atomic E-state index is 0.753. The van der Waals surface area contributed by atoms with Gasteiger partial charge in [-0.15, -0.1) is 23.1 Å². The van der Waals surface area contributed by atoms with Crippen molar-refractivity contribution in [3.05, 3.63) is 17.3 Å². The molecule has 17 heavy (non-hydrogen) atoms. The lowest BCUT2D eigenvalue weighted by Gasteiger charge is -2.04. The van der Waals surface area contributed by atoms with Crippen LogP contribution in [0.4, 0.5) is 0 Å². The zero-order valence-electron chi connectivity index (χ0n) is 9.98. The van der Waals surface area contributed by atoms with Crippen LogP contribution in [0.3, 0.4) is 0 Å². The molecule has 2 aromatic heterocycles. The van der Waals surface area contributed by atoms with E-state index in [1.807, 2.05) is 11.8 Å². The van der Waals surface area contributed by atoms with Gasteiger partial charge in [0.2, 0.25) is 0 Å². The van der Waals surface area contributed by atoms with E-state index in [0.29, 0.717) is 0 Å². The van der Waals surface area contributed by atoms with Crippen molar-refractivity contribution < 1.29 is 0 Å². The SMILES string of the molecule is CCCSc1nc2sccn2c1CNC1CC1. The van der Waals surface area contributed by atoms with Gasteiger partial charge in [0.1, 0.15) is 5.03 Å². The predicted octanol–water partition coefficient (Wildman–Crippen LogP) is 3.15. The van der Waals surface area contributed by atoms with E-state index in [1.54, 1.807) is 11.3 Å². The van der Waals surface area contributed by atoms with E-state index in [0.717, 1.165) is 23.3 Å². The summed E-state index contributed by atoms with van der Waals surface area (Å²) in [5.41, 5.74) is 1.34. The van der Waals surface area contributed by atoms with Gasteiger partial charge in [-0.25, -0.2) is 4.98 Å². The Bertz CT molecular complexity index is 499. The number of nitrogens with one attached hydrogen (secondary N) is 1. The normalized spacial score (nSPS) is 15.8. The highest BCUT2D eigenvalue weighted by atomic mass is 32.2. The average Bonchev–Trinajstić information content (AvgIpc) is 2.95. The van der Waals surface area contributed by atoms with Crippen LogP contribution in [-0.2, 0) is 6.54 Å². The molecule has 92 valence electrons. The monoisotopic (exact) mass is 267 g/mol. The number of imidazole rings is 1. The minimum Gasteiger partial charge on any atom is -0.308 e. The molecule has 1 saturated carbocycles. The average molecular weight is 267 g/mol. The first-order valence-electron chi connectivity index (χ1n) is 6.19. The third-order valence-electron chi connectivity index (χ3n) is 2.90. The molecule has 0 saturated heterocycles. The largest absolute Gasteiger partial charge is 0.308 e. The molecule has 0 amide bonds.